The van der Waals surface area contributed by atoms with Crippen LogP contribution in [0.25, 0.3) is 0 Å². The topological polar surface area (TPSA) is 70.1 Å². The van der Waals surface area contributed by atoms with Gasteiger partial charge < -0.3 is 19.6 Å². The second kappa shape index (κ2) is 9.20. The van der Waals surface area contributed by atoms with Gasteiger partial charge in [0.15, 0.2) is 0 Å². The van der Waals surface area contributed by atoms with E-state index in [0.717, 1.165) is 36.8 Å². The highest BCUT2D eigenvalue weighted by Crippen LogP contribution is 2.43. The zero-order chi connectivity index (χ0) is 21.1. The fourth-order valence-electron chi connectivity index (χ4n) is 5.27. The molecule has 3 atom stereocenters. The van der Waals surface area contributed by atoms with Gasteiger partial charge in [-0.15, -0.1) is 0 Å². The van der Waals surface area contributed by atoms with Gasteiger partial charge in [-0.2, -0.15) is 0 Å². The summed E-state index contributed by atoms with van der Waals surface area (Å²) in [6.45, 7) is 1.01. The standard InChI is InChI=1S/C24H30N2O4/c1-30-13-5-6-17-9-11-18(12-10-17)23-20-14-25(15-22(28)26(20)21(23)16-27)24(29)19-7-3-2-4-8-19/h9-12,19-21,23,27H,2-4,7-8,13-16H2,1H3/t20-,21-,23-/m0/s1. The monoisotopic (exact) mass is 410 g/mol. The third kappa shape index (κ3) is 3.97. The molecule has 2 amide bonds. The van der Waals surface area contributed by atoms with Crippen molar-refractivity contribution in [3.8, 4) is 11.8 Å². The first-order valence-electron chi connectivity index (χ1n) is 10.9. The minimum atomic E-state index is -0.222. The number of carbonyl (C=O) groups is 2. The Kier molecular flexibility index (Phi) is 6.40. The predicted octanol–water partition coefficient (Wildman–Crippen LogP) is 1.76. The van der Waals surface area contributed by atoms with Crippen LogP contribution in [0.3, 0.4) is 0 Å². The van der Waals surface area contributed by atoms with Gasteiger partial charge in [-0.05, 0) is 30.5 Å². The van der Waals surface area contributed by atoms with Gasteiger partial charge >= 0.3 is 0 Å². The van der Waals surface area contributed by atoms with Crippen molar-refractivity contribution in [3.63, 3.8) is 0 Å². The van der Waals surface area contributed by atoms with Crippen LogP contribution in [0.4, 0.5) is 0 Å². The molecule has 0 unspecified atom stereocenters. The summed E-state index contributed by atoms with van der Waals surface area (Å²) in [6, 6.07) is 7.68. The summed E-state index contributed by atoms with van der Waals surface area (Å²) in [7, 11) is 1.61. The van der Waals surface area contributed by atoms with Crippen LogP contribution < -0.4 is 0 Å². The highest BCUT2D eigenvalue weighted by molar-refractivity contribution is 5.88. The van der Waals surface area contributed by atoms with Crippen molar-refractivity contribution in [2.24, 2.45) is 5.92 Å². The van der Waals surface area contributed by atoms with E-state index in [-0.39, 0.29) is 48.9 Å². The molecule has 6 nitrogen and oxygen atoms in total. The average molecular weight is 411 g/mol. The van der Waals surface area contributed by atoms with E-state index in [9.17, 15) is 14.7 Å². The lowest BCUT2D eigenvalue weighted by molar-refractivity contribution is -0.168. The summed E-state index contributed by atoms with van der Waals surface area (Å²) in [4.78, 5) is 29.4. The van der Waals surface area contributed by atoms with Gasteiger partial charge in [-0.3, -0.25) is 9.59 Å². The van der Waals surface area contributed by atoms with E-state index < -0.39 is 0 Å². The molecule has 6 heteroatoms. The van der Waals surface area contributed by atoms with E-state index in [1.807, 2.05) is 24.3 Å². The van der Waals surface area contributed by atoms with Gasteiger partial charge in [0.05, 0.1) is 25.2 Å². The van der Waals surface area contributed by atoms with Gasteiger partial charge in [-0.1, -0.05) is 43.2 Å². The summed E-state index contributed by atoms with van der Waals surface area (Å²) in [5, 5.41) is 9.94. The molecule has 1 aromatic carbocycles. The number of aliphatic hydroxyl groups is 1. The van der Waals surface area contributed by atoms with Crippen LogP contribution in [-0.4, -0.2) is 72.2 Å². The molecular formula is C24H30N2O4. The lowest BCUT2D eigenvalue weighted by Crippen LogP contribution is -2.73. The highest BCUT2D eigenvalue weighted by Gasteiger charge is 2.54. The van der Waals surface area contributed by atoms with Crippen molar-refractivity contribution >= 4 is 11.8 Å². The Labute approximate surface area is 178 Å². The second-order valence-electron chi connectivity index (χ2n) is 8.55. The first-order chi connectivity index (χ1) is 14.6. The number of aliphatic hydroxyl groups excluding tert-OH is 1. The Bertz CT molecular complexity index is 835. The molecule has 3 aliphatic rings. The molecule has 3 fully saturated rings. The van der Waals surface area contributed by atoms with Crippen LogP contribution in [0.5, 0.6) is 0 Å². The molecule has 0 bridgehead atoms. The van der Waals surface area contributed by atoms with E-state index in [1.165, 1.54) is 6.42 Å². The van der Waals surface area contributed by atoms with Crippen LogP contribution in [-0.2, 0) is 14.3 Å². The van der Waals surface area contributed by atoms with E-state index in [1.54, 1.807) is 16.9 Å². The molecule has 0 radical (unpaired) electrons. The summed E-state index contributed by atoms with van der Waals surface area (Å²) in [6.07, 6.45) is 5.27. The molecule has 1 N–H and O–H groups in total. The largest absolute Gasteiger partial charge is 0.394 e. The predicted molar refractivity (Wildman–Crippen MR) is 113 cm³/mol. The average Bonchev–Trinajstić information content (AvgIpc) is 2.76. The number of carbonyl (C=O) groups excluding carboxylic acids is 2. The van der Waals surface area contributed by atoms with Gasteiger partial charge in [0.2, 0.25) is 11.8 Å². The van der Waals surface area contributed by atoms with E-state index in [0.29, 0.717) is 13.2 Å². The van der Waals surface area contributed by atoms with Crippen LogP contribution in [0, 0.1) is 17.8 Å². The molecule has 1 aliphatic carbocycles. The number of rotatable bonds is 4. The van der Waals surface area contributed by atoms with Gasteiger partial charge in [0, 0.05) is 31.1 Å². The third-order valence-electron chi connectivity index (χ3n) is 6.76. The molecule has 30 heavy (non-hydrogen) atoms. The number of benzene rings is 1. The van der Waals surface area contributed by atoms with Gasteiger partial charge in [-0.25, -0.2) is 0 Å². The molecule has 2 saturated heterocycles. The Morgan fingerprint density at radius 3 is 2.60 bits per heavy atom. The fraction of sp³-hybridized carbons (Fsp3) is 0.583. The van der Waals surface area contributed by atoms with Crippen molar-refractivity contribution < 1.29 is 19.4 Å². The van der Waals surface area contributed by atoms with Crippen molar-refractivity contribution in [2.75, 3.05) is 33.4 Å². The molecule has 2 heterocycles. The van der Waals surface area contributed by atoms with Crippen LogP contribution >= 0.6 is 0 Å². The maximum absolute atomic E-state index is 13.0. The molecule has 0 aromatic heterocycles. The van der Waals surface area contributed by atoms with E-state index in [2.05, 4.69) is 11.8 Å². The third-order valence-corrected chi connectivity index (χ3v) is 6.76. The molecular weight excluding hydrogens is 380 g/mol. The Balaban J connectivity index is 1.49. The fourth-order valence-corrected chi connectivity index (χ4v) is 5.27. The number of amides is 2. The quantitative estimate of drug-likeness (QED) is 0.768. The number of fused-ring (bicyclic) bond motifs is 1. The minimum Gasteiger partial charge on any atom is -0.394 e. The Morgan fingerprint density at radius 1 is 1.20 bits per heavy atom. The zero-order valence-electron chi connectivity index (χ0n) is 17.5. The number of piperazine rings is 1. The SMILES string of the molecule is COCC#Cc1ccc([C@@H]2[C@H](CO)N3C(=O)CN(C(=O)C4CCCCC4)C[C@@H]23)cc1. The first-order valence-corrected chi connectivity index (χ1v) is 10.9. The van der Waals surface area contributed by atoms with Crippen molar-refractivity contribution in [3.05, 3.63) is 35.4 Å². The summed E-state index contributed by atoms with van der Waals surface area (Å²) in [5.74, 6) is 6.17. The normalized spacial score (nSPS) is 26.5. The number of methoxy groups -OCH3 is 1. The number of nitrogens with zero attached hydrogens (tertiary/aromatic N) is 2. The molecule has 160 valence electrons. The zero-order valence-corrected chi connectivity index (χ0v) is 17.5. The highest BCUT2D eigenvalue weighted by atomic mass is 16.5. The van der Waals surface area contributed by atoms with Crippen molar-refractivity contribution in [1.82, 2.24) is 9.80 Å². The number of ether oxygens (including phenoxy) is 1. The van der Waals surface area contributed by atoms with Gasteiger partial charge in [0.1, 0.15) is 6.61 Å². The molecule has 1 aromatic rings. The lowest BCUT2D eigenvalue weighted by Gasteiger charge is -2.59. The molecule has 4 rings (SSSR count). The molecule has 2 aliphatic heterocycles. The number of hydrogen-bond acceptors (Lipinski definition) is 4. The summed E-state index contributed by atoms with van der Waals surface area (Å²) in [5.41, 5.74) is 1.98. The van der Waals surface area contributed by atoms with Crippen LogP contribution in [0.1, 0.15) is 49.1 Å². The molecule has 0 spiro atoms. The summed E-state index contributed by atoms with van der Waals surface area (Å²) >= 11 is 0. The maximum atomic E-state index is 13.0. The Hall–Kier alpha value is -2.36. The minimum absolute atomic E-state index is 0.0295. The second-order valence-corrected chi connectivity index (χ2v) is 8.55. The maximum Gasteiger partial charge on any atom is 0.242 e. The van der Waals surface area contributed by atoms with Crippen LogP contribution in [0.15, 0.2) is 24.3 Å². The van der Waals surface area contributed by atoms with Crippen molar-refractivity contribution in [1.29, 1.82) is 0 Å². The van der Waals surface area contributed by atoms with Crippen molar-refractivity contribution in [2.45, 2.75) is 50.1 Å². The lowest BCUT2D eigenvalue weighted by atomic mass is 9.73. The van der Waals surface area contributed by atoms with E-state index >= 15 is 0 Å². The van der Waals surface area contributed by atoms with Crippen LogP contribution in [0.2, 0.25) is 0 Å². The Morgan fingerprint density at radius 2 is 1.93 bits per heavy atom. The smallest absolute Gasteiger partial charge is 0.242 e. The molecule has 1 saturated carbocycles. The number of hydrogen-bond donors (Lipinski definition) is 1. The van der Waals surface area contributed by atoms with Gasteiger partial charge in [0.25, 0.3) is 0 Å². The first kappa shape index (κ1) is 20.9. The van der Waals surface area contributed by atoms with E-state index in [4.69, 9.17) is 4.74 Å². The summed E-state index contributed by atoms with van der Waals surface area (Å²) < 4.78 is 4.95.